The van der Waals surface area contributed by atoms with E-state index in [9.17, 15) is 13.2 Å². The minimum absolute atomic E-state index is 0.231. The highest BCUT2D eigenvalue weighted by Crippen LogP contribution is 2.34. The lowest BCUT2D eigenvalue weighted by Crippen LogP contribution is -2.05. The molecule has 0 amide bonds. The molecule has 0 fully saturated rings. The van der Waals surface area contributed by atoms with E-state index in [0.717, 1.165) is 17.7 Å². The first-order valence-corrected chi connectivity index (χ1v) is 5.28. The van der Waals surface area contributed by atoms with E-state index in [4.69, 9.17) is 5.73 Å². The van der Waals surface area contributed by atoms with Crippen molar-refractivity contribution >= 4 is 5.82 Å². The number of nitrogens with two attached hydrogens (primary N) is 1. The normalized spacial score (nSPS) is 11.6. The molecule has 2 nitrogen and oxygen atoms in total. The number of pyridine rings is 1. The van der Waals surface area contributed by atoms with Crippen molar-refractivity contribution in [3.63, 3.8) is 0 Å². The SMILES string of the molecule is Cc1ccnc(N)c1-c1cccc(C(F)(F)F)c1. The first-order valence-electron chi connectivity index (χ1n) is 5.28. The number of hydrogen-bond acceptors (Lipinski definition) is 2. The average Bonchev–Trinajstić information content (AvgIpc) is 2.28. The van der Waals surface area contributed by atoms with Crippen LogP contribution in [-0.2, 0) is 6.18 Å². The zero-order valence-corrected chi connectivity index (χ0v) is 9.62. The van der Waals surface area contributed by atoms with Gasteiger partial charge in [0.25, 0.3) is 0 Å². The minimum atomic E-state index is -4.36. The van der Waals surface area contributed by atoms with Gasteiger partial charge in [0.15, 0.2) is 0 Å². The van der Waals surface area contributed by atoms with Crippen molar-refractivity contribution in [3.8, 4) is 11.1 Å². The molecule has 2 rings (SSSR count). The second-order valence-electron chi connectivity index (χ2n) is 3.97. The van der Waals surface area contributed by atoms with Crippen molar-refractivity contribution in [1.82, 2.24) is 4.98 Å². The van der Waals surface area contributed by atoms with E-state index >= 15 is 0 Å². The monoisotopic (exact) mass is 252 g/mol. The van der Waals surface area contributed by atoms with Gasteiger partial charge in [-0.2, -0.15) is 13.2 Å². The Hall–Kier alpha value is -2.04. The Morgan fingerprint density at radius 1 is 1.17 bits per heavy atom. The van der Waals surface area contributed by atoms with E-state index in [-0.39, 0.29) is 5.82 Å². The molecule has 1 aromatic heterocycles. The van der Waals surface area contributed by atoms with Gasteiger partial charge in [-0.3, -0.25) is 0 Å². The summed E-state index contributed by atoms with van der Waals surface area (Å²) < 4.78 is 37.9. The van der Waals surface area contributed by atoms with E-state index in [2.05, 4.69) is 4.98 Å². The number of aryl methyl sites for hydroxylation is 1. The summed E-state index contributed by atoms with van der Waals surface area (Å²) in [6.45, 7) is 1.79. The second kappa shape index (κ2) is 4.33. The molecule has 0 atom stereocenters. The van der Waals surface area contributed by atoms with Gasteiger partial charge in [0.05, 0.1) is 5.56 Å². The fraction of sp³-hybridized carbons (Fsp3) is 0.154. The molecule has 0 saturated heterocycles. The maximum Gasteiger partial charge on any atom is 0.416 e. The average molecular weight is 252 g/mol. The Bertz CT molecular complexity index is 556. The van der Waals surface area contributed by atoms with Crippen LogP contribution in [-0.4, -0.2) is 4.98 Å². The molecular weight excluding hydrogens is 241 g/mol. The van der Waals surface area contributed by atoms with Crippen LogP contribution in [0.1, 0.15) is 11.1 Å². The first kappa shape index (κ1) is 12.4. The first-order chi connectivity index (χ1) is 8.39. The molecule has 2 N–H and O–H groups in total. The van der Waals surface area contributed by atoms with Crippen LogP contribution in [0.3, 0.4) is 0 Å². The highest BCUT2D eigenvalue weighted by molar-refractivity contribution is 5.77. The number of aromatic nitrogens is 1. The molecule has 0 aliphatic rings. The largest absolute Gasteiger partial charge is 0.416 e. The molecule has 1 heterocycles. The van der Waals surface area contributed by atoms with Gasteiger partial charge in [-0.1, -0.05) is 12.1 Å². The standard InChI is InChI=1S/C13H11F3N2/c1-8-5-6-18-12(17)11(8)9-3-2-4-10(7-9)13(14,15)16/h2-7H,1H3,(H2,17,18). The quantitative estimate of drug-likeness (QED) is 0.841. The lowest BCUT2D eigenvalue weighted by atomic mass is 10.00. The van der Waals surface area contributed by atoms with Gasteiger partial charge in [-0.15, -0.1) is 0 Å². The number of nitrogen functional groups attached to an aromatic ring is 1. The fourth-order valence-electron chi connectivity index (χ4n) is 1.81. The number of anilines is 1. The Balaban J connectivity index is 2.59. The lowest BCUT2D eigenvalue weighted by Gasteiger charge is -2.11. The third-order valence-corrected chi connectivity index (χ3v) is 2.67. The Kier molecular flexibility index (Phi) is 2.98. The minimum Gasteiger partial charge on any atom is -0.383 e. The fourth-order valence-corrected chi connectivity index (χ4v) is 1.81. The van der Waals surface area contributed by atoms with Gasteiger partial charge in [0, 0.05) is 11.8 Å². The summed E-state index contributed by atoms with van der Waals surface area (Å²) in [7, 11) is 0. The Labute approximate surface area is 102 Å². The van der Waals surface area contributed by atoms with Crippen LogP contribution in [0, 0.1) is 6.92 Å². The molecule has 0 saturated carbocycles. The third kappa shape index (κ3) is 2.30. The molecule has 18 heavy (non-hydrogen) atoms. The van der Waals surface area contributed by atoms with Gasteiger partial charge in [0.2, 0.25) is 0 Å². The molecule has 5 heteroatoms. The molecule has 1 aromatic carbocycles. The van der Waals surface area contributed by atoms with E-state index in [1.807, 2.05) is 0 Å². The second-order valence-corrected chi connectivity index (χ2v) is 3.97. The van der Waals surface area contributed by atoms with Gasteiger partial charge in [-0.05, 0) is 36.2 Å². The summed E-state index contributed by atoms with van der Waals surface area (Å²) in [6, 6.07) is 6.79. The van der Waals surface area contributed by atoms with Gasteiger partial charge < -0.3 is 5.73 Å². The predicted octanol–water partition coefficient (Wildman–Crippen LogP) is 3.66. The molecule has 2 aromatic rings. The predicted molar refractivity (Wildman–Crippen MR) is 63.8 cm³/mol. The molecule has 0 bridgehead atoms. The van der Waals surface area contributed by atoms with Crippen LogP contribution < -0.4 is 5.73 Å². The summed E-state index contributed by atoms with van der Waals surface area (Å²) in [6.07, 6.45) is -2.83. The highest BCUT2D eigenvalue weighted by Gasteiger charge is 2.30. The summed E-state index contributed by atoms with van der Waals surface area (Å²) >= 11 is 0. The van der Waals surface area contributed by atoms with Crippen LogP contribution in [0.15, 0.2) is 36.5 Å². The molecule has 0 unspecified atom stereocenters. The number of nitrogens with zero attached hydrogens (tertiary/aromatic N) is 1. The third-order valence-electron chi connectivity index (χ3n) is 2.67. The molecule has 94 valence electrons. The molecule has 0 spiro atoms. The zero-order chi connectivity index (χ0) is 13.3. The van der Waals surface area contributed by atoms with Crippen LogP contribution in [0.4, 0.5) is 19.0 Å². The van der Waals surface area contributed by atoms with Gasteiger partial charge >= 0.3 is 6.18 Å². The van der Waals surface area contributed by atoms with Crippen LogP contribution in [0.2, 0.25) is 0 Å². The van der Waals surface area contributed by atoms with Crippen molar-refractivity contribution in [2.75, 3.05) is 5.73 Å². The maximum absolute atomic E-state index is 12.6. The van der Waals surface area contributed by atoms with E-state index < -0.39 is 11.7 Å². The van der Waals surface area contributed by atoms with Crippen molar-refractivity contribution in [3.05, 3.63) is 47.7 Å². The maximum atomic E-state index is 12.6. The number of alkyl halides is 3. The van der Waals surface area contributed by atoms with E-state index in [0.29, 0.717) is 11.1 Å². The molecule has 0 aliphatic carbocycles. The molecule has 0 aliphatic heterocycles. The van der Waals surface area contributed by atoms with Crippen molar-refractivity contribution in [1.29, 1.82) is 0 Å². The molecule has 0 radical (unpaired) electrons. The summed E-state index contributed by atoms with van der Waals surface area (Å²) in [5, 5.41) is 0. The van der Waals surface area contributed by atoms with Crippen molar-refractivity contribution in [2.24, 2.45) is 0 Å². The topological polar surface area (TPSA) is 38.9 Å². The van der Waals surface area contributed by atoms with Crippen LogP contribution in [0.25, 0.3) is 11.1 Å². The van der Waals surface area contributed by atoms with Crippen LogP contribution >= 0.6 is 0 Å². The Morgan fingerprint density at radius 2 is 1.89 bits per heavy atom. The number of benzene rings is 1. The van der Waals surface area contributed by atoms with Crippen LogP contribution in [0.5, 0.6) is 0 Å². The Morgan fingerprint density at radius 3 is 2.50 bits per heavy atom. The number of halogens is 3. The van der Waals surface area contributed by atoms with E-state index in [1.54, 1.807) is 19.1 Å². The smallest absolute Gasteiger partial charge is 0.383 e. The zero-order valence-electron chi connectivity index (χ0n) is 9.62. The van der Waals surface area contributed by atoms with Crippen molar-refractivity contribution < 1.29 is 13.2 Å². The highest BCUT2D eigenvalue weighted by atomic mass is 19.4. The number of rotatable bonds is 1. The molecular formula is C13H11F3N2. The van der Waals surface area contributed by atoms with Gasteiger partial charge in [0.1, 0.15) is 5.82 Å². The van der Waals surface area contributed by atoms with Crippen molar-refractivity contribution in [2.45, 2.75) is 13.1 Å². The summed E-state index contributed by atoms with van der Waals surface area (Å²) in [5.74, 6) is 0.231. The lowest BCUT2D eigenvalue weighted by molar-refractivity contribution is -0.137. The summed E-state index contributed by atoms with van der Waals surface area (Å²) in [4.78, 5) is 3.90. The summed E-state index contributed by atoms with van der Waals surface area (Å²) in [5.41, 5.74) is 6.79. The number of hydrogen-bond donors (Lipinski definition) is 1. The van der Waals surface area contributed by atoms with Gasteiger partial charge in [-0.25, -0.2) is 4.98 Å². The van der Waals surface area contributed by atoms with E-state index in [1.165, 1.54) is 12.3 Å².